The first kappa shape index (κ1) is 14.3. The van der Waals surface area contributed by atoms with Crippen molar-refractivity contribution >= 4 is 38.6 Å². The van der Waals surface area contributed by atoms with Crippen LogP contribution in [0.5, 0.6) is 0 Å². The largest absolute Gasteiger partial charge is 0.399 e. The number of nitrogens with zero attached hydrogens (tertiary/aromatic N) is 1. The molecule has 0 saturated heterocycles. The lowest BCUT2D eigenvalue weighted by Gasteiger charge is -2.08. The second kappa shape index (κ2) is 5.46. The molecule has 0 aliphatic heterocycles. The zero-order chi connectivity index (χ0) is 14.0. The normalized spacial score (nSPS) is 11.7. The fraction of sp³-hybridized carbons (Fsp3) is 0.182. The highest BCUT2D eigenvalue weighted by Gasteiger charge is 2.18. The molecule has 0 atom stereocenters. The molecule has 0 amide bonds. The average Bonchev–Trinajstić information content (AvgIpc) is 2.76. The average molecular weight is 318 g/mol. The number of thiazole rings is 1. The van der Waals surface area contributed by atoms with E-state index in [9.17, 15) is 8.42 Å². The Hall–Kier alpha value is -1.15. The minimum atomic E-state index is -3.70. The quantitative estimate of drug-likeness (QED) is 0.846. The molecule has 3 N–H and O–H groups in total. The van der Waals surface area contributed by atoms with Crippen molar-refractivity contribution in [3.05, 3.63) is 39.3 Å². The molecule has 19 heavy (non-hydrogen) atoms. The molecule has 5 nitrogen and oxygen atoms in total. The second-order valence-electron chi connectivity index (χ2n) is 3.87. The molecule has 0 bridgehead atoms. The summed E-state index contributed by atoms with van der Waals surface area (Å²) in [7, 11) is -3.70. The van der Waals surface area contributed by atoms with Crippen LogP contribution < -0.4 is 10.5 Å². The van der Waals surface area contributed by atoms with Crippen molar-refractivity contribution in [1.82, 2.24) is 9.71 Å². The molecule has 1 heterocycles. The molecule has 0 unspecified atom stereocenters. The van der Waals surface area contributed by atoms with Crippen molar-refractivity contribution in [1.29, 1.82) is 0 Å². The van der Waals surface area contributed by atoms with Gasteiger partial charge in [-0.25, -0.2) is 18.1 Å². The molecule has 8 heteroatoms. The van der Waals surface area contributed by atoms with E-state index in [-0.39, 0.29) is 16.5 Å². The maximum absolute atomic E-state index is 12.1. The summed E-state index contributed by atoms with van der Waals surface area (Å²) >= 11 is 7.34. The van der Waals surface area contributed by atoms with E-state index in [1.807, 2.05) is 6.92 Å². The van der Waals surface area contributed by atoms with Gasteiger partial charge in [-0.15, -0.1) is 11.3 Å². The minimum absolute atomic E-state index is 0.0267. The molecule has 0 radical (unpaired) electrons. The zero-order valence-electron chi connectivity index (χ0n) is 10.1. The van der Waals surface area contributed by atoms with Gasteiger partial charge in [-0.1, -0.05) is 11.6 Å². The molecule has 102 valence electrons. The molecular weight excluding hydrogens is 306 g/mol. The Kier molecular flexibility index (Phi) is 4.10. The highest BCUT2D eigenvalue weighted by atomic mass is 35.5. The van der Waals surface area contributed by atoms with Crippen molar-refractivity contribution in [3.8, 4) is 0 Å². The standard InChI is InChI=1S/C11H12ClN3O2S2/c1-7-15-9(6-18-7)5-14-19(16,17)11-4-8(13)2-3-10(11)12/h2-4,6,14H,5,13H2,1H3. The van der Waals surface area contributed by atoms with E-state index in [1.165, 1.54) is 23.5 Å². The van der Waals surface area contributed by atoms with Gasteiger partial charge in [-0.05, 0) is 25.1 Å². The summed E-state index contributed by atoms with van der Waals surface area (Å²) in [5.74, 6) is 0. The molecule has 0 aliphatic carbocycles. The number of nitrogens with two attached hydrogens (primary N) is 1. The van der Waals surface area contributed by atoms with Crippen LogP contribution in [0.4, 0.5) is 5.69 Å². The lowest BCUT2D eigenvalue weighted by molar-refractivity contribution is 0.580. The number of sulfonamides is 1. The van der Waals surface area contributed by atoms with Gasteiger partial charge in [0.2, 0.25) is 10.0 Å². The van der Waals surface area contributed by atoms with Crippen molar-refractivity contribution < 1.29 is 8.42 Å². The topological polar surface area (TPSA) is 85.1 Å². The molecule has 2 aromatic rings. The number of aromatic nitrogens is 1. The first-order valence-corrected chi connectivity index (χ1v) is 8.08. The van der Waals surface area contributed by atoms with Crippen LogP contribution >= 0.6 is 22.9 Å². The predicted octanol–water partition coefficient (Wildman–Crippen LogP) is 2.17. The first-order valence-electron chi connectivity index (χ1n) is 5.34. The Morgan fingerprint density at radius 3 is 2.84 bits per heavy atom. The number of rotatable bonds is 4. The summed E-state index contributed by atoms with van der Waals surface area (Å²) in [6.45, 7) is 1.98. The van der Waals surface area contributed by atoms with Gasteiger partial charge in [0.15, 0.2) is 0 Å². The summed E-state index contributed by atoms with van der Waals surface area (Å²) in [5, 5.41) is 2.83. The maximum atomic E-state index is 12.1. The molecule has 2 rings (SSSR count). The van der Waals surface area contributed by atoms with Crippen LogP contribution in [0, 0.1) is 6.92 Å². The van der Waals surface area contributed by atoms with Gasteiger partial charge in [0.05, 0.1) is 22.3 Å². The van der Waals surface area contributed by atoms with Crippen LogP contribution in [0.3, 0.4) is 0 Å². The number of anilines is 1. The van der Waals surface area contributed by atoms with E-state index in [2.05, 4.69) is 9.71 Å². The van der Waals surface area contributed by atoms with Crippen LogP contribution in [-0.4, -0.2) is 13.4 Å². The number of aryl methyl sites for hydroxylation is 1. The van der Waals surface area contributed by atoms with Crippen LogP contribution in [0.25, 0.3) is 0 Å². The molecule has 1 aromatic heterocycles. The number of benzene rings is 1. The summed E-state index contributed by atoms with van der Waals surface area (Å²) in [5.41, 5.74) is 6.59. The summed E-state index contributed by atoms with van der Waals surface area (Å²) in [4.78, 5) is 4.15. The Morgan fingerprint density at radius 1 is 1.47 bits per heavy atom. The van der Waals surface area contributed by atoms with Gasteiger partial charge in [0.25, 0.3) is 0 Å². The SMILES string of the molecule is Cc1nc(CNS(=O)(=O)c2cc(N)ccc2Cl)cs1. The molecule has 0 saturated carbocycles. The summed E-state index contributed by atoms with van der Waals surface area (Å²) in [6, 6.07) is 4.33. The number of hydrogen-bond donors (Lipinski definition) is 2. The third kappa shape index (κ3) is 3.44. The molecule has 0 aliphatic rings. The van der Waals surface area contributed by atoms with E-state index in [0.717, 1.165) is 5.01 Å². The minimum Gasteiger partial charge on any atom is -0.399 e. The van der Waals surface area contributed by atoms with Crippen LogP contribution in [0.2, 0.25) is 5.02 Å². The van der Waals surface area contributed by atoms with Crippen LogP contribution in [0.1, 0.15) is 10.7 Å². The Balaban J connectivity index is 2.20. The molecule has 0 spiro atoms. The fourth-order valence-corrected chi connectivity index (χ4v) is 3.61. The number of nitrogens with one attached hydrogen (secondary N) is 1. The summed E-state index contributed by atoms with van der Waals surface area (Å²) in [6.07, 6.45) is 0. The van der Waals surface area contributed by atoms with E-state index in [1.54, 1.807) is 11.4 Å². The lowest BCUT2D eigenvalue weighted by atomic mass is 10.3. The first-order chi connectivity index (χ1) is 8.88. The molecular formula is C11H12ClN3O2S2. The van der Waals surface area contributed by atoms with Crippen molar-refractivity contribution in [3.63, 3.8) is 0 Å². The van der Waals surface area contributed by atoms with E-state index in [4.69, 9.17) is 17.3 Å². The lowest BCUT2D eigenvalue weighted by Crippen LogP contribution is -2.23. The number of halogens is 1. The second-order valence-corrected chi connectivity index (χ2v) is 7.08. The Labute approximate surface area is 120 Å². The number of nitrogen functional groups attached to an aromatic ring is 1. The van der Waals surface area contributed by atoms with Gasteiger partial charge < -0.3 is 5.73 Å². The van der Waals surface area contributed by atoms with Crippen molar-refractivity contribution in [2.45, 2.75) is 18.4 Å². The van der Waals surface area contributed by atoms with E-state index in [0.29, 0.717) is 11.4 Å². The smallest absolute Gasteiger partial charge is 0.242 e. The number of hydrogen-bond acceptors (Lipinski definition) is 5. The van der Waals surface area contributed by atoms with Gasteiger partial charge >= 0.3 is 0 Å². The van der Waals surface area contributed by atoms with Crippen molar-refractivity contribution in [2.24, 2.45) is 0 Å². The van der Waals surface area contributed by atoms with Gasteiger partial charge in [0.1, 0.15) is 4.90 Å². The molecule has 0 fully saturated rings. The van der Waals surface area contributed by atoms with Gasteiger partial charge in [0, 0.05) is 11.1 Å². The fourth-order valence-electron chi connectivity index (χ4n) is 1.46. The predicted molar refractivity (Wildman–Crippen MR) is 76.7 cm³/mol. The Morgan fingerprint density at radius 2 is 2.21 bits per heavy atom. The van der Waals surface area contributed by atoms with Gasteiger partial charge in [-0.3, -0.25) is 0 Å². The third-order valence-electron chi connectivity index (χ3n) is 2.35. The highest BCUT2D eigenvalue weighted by molar-refractivity contribution is 7.89. The van der Waals surface area contributed by atoms with Crippen LogP contribution in [-0.2, 0) is 16.6 Å². The van der Waals surface area contributed by atoms with E-state index < -0.39 is 10.0 Å². The van der Waals surface area contributed by atoms with Crippen LogP contribution in [0.15, 0.2) is 28.5 Å². The third-order valence-corrected chi connectivity index (χ3v) is 5.06. The maximum Gasteiger partial charge on any atom is 0.242 e. The Bertz CT molecular complexity index is 698. The van der Waals surface area contributed by atoms with Crippen molar-refractivity contribution in [2.75, 3.05) is 5.73 Å². The zero-order valence-corrected chi connectivity index (χ0v) is 12.4. The van der Waals surface area contributed by atoms with E-state index >= 15 is 0 Å². The van der Waals surface area contributed by atoms with Gasteiger partial charge in [-0.2, -0.15) is 0 Å². The molecule has 1 aromatic carbocycles. The summed E-state index contributed by atoms with van der Waals surface area (Å²) < 4.78 is 26.7. The highest BCUT2D eigenvalue weighted by Crippen LogP contribution is 2.23. The monoisotopic (exact) mass is 317 g/mol.